The van der Waals surface area contributed by atoms with Gasteiger partial charge in [0.15, 0.2) is 0 Å². The number of methoxy groups -OCH3 is 1. The van der Waals surface area contributed by atoms with E-state index in [9.17, 15) is 9.59 Å². The van der Waals surface area contributed by atoms with Crippen LogP contribution in [0.25, 0.3) is 11.1 Å². The van der Waals surface area contributed by atoms with Gasteiger partial charge in [0.1, 0.15) is 6.61 Å². The third-order valence-corrected chi connectivity index (χ3v) is 5.36. The molecule has 0 unspecified atom stereocenters. The van der Waals surface area contributed by atoms with Crippen molar-refractivity contribution < 1.29 is 19.1 Å². The molecule has 0 bridgehead atoms. The molecule has 3 aromatic carbocycles. The summed E-state index contributed by atoms with van der Waals surface area (Å²) in [6.45, 7) is 0.350. The van der Waals surface area contributed by atoms with E-state index >= 15 is 0 Å². The minimum atomic E-state index is -0.534. The molecule has 3 N–H and O–H groups in total. The second-order valence-corrected chi connectivity index (χ2v) is 7.27. The number of esters is 1. The zero-order valence-corrected chi connectivity index (χ0v) is 17.6. The first kappa shape index (κ1) is 21.0. The van der Waals surface area contributed by atoms with Crippen molar-refractivity contribution in [3.8, 4) is 23.0 Å². The Hall–Kier alpha value is -4.24. The van der Waals surface area contributed by atoms with Crippen LogP contribution in [0.1, 0.15) is 33.0 Å². The molecule has 6 nitrogen and oxygen atoms in total. The van der Waals surface area contributed by atoms with Gasteiger partial charge in [-0.05, 0) is 40.5 Å². The Kier molecular flexibility index (Phi) is 6.09. The Morgan fingerprint density at radius 2 is 1.66 bits per heavy atom. The summed E-state index contributed by atoms with van der Waals surface area (Å²) in [6, 6.07) is 21.2. The number of nitrogens with two attached hydrogens (primary N) is 1. The molecule has 0 aliphatic heterocycles. The highest BCUT2D eigenvalue weighted by Gasteiger charge is 2.28. The smallest absolute Gasteiger partial charge is 0.407 e. The Bertz CT molecular complexity index is 1190. The molecule has 6 heteroatoms. The monoisotopic (exact) mass is 426 g/mol. The number of anilines is 1. The molecule has 32 heavy (non-hydrogen) atoms. The van der Waals surface area contributed by atoms with E-state index in [1.165, 1.54) is 18.2 Å². The van der Waals surface area contributed by atoms with E-state index in [-0.39, 0.29) is 24.6 Å². The normalized spacial score (nSPS) is 11.5. The van der Waals surface area contributed by atoms with E-state index in [2.05, 4.69) is 41.4 Å². The van der Waals surface area contributed by atoms with Crippen molar-refractivity contribution in [3.05, 3.63) is 89.0 Å². The SMILES string of the molecule is COC(=O)c1cc(C#CCNC(=O)OCC2c3ccccc3-c3ccccc32)ccc1N. The molecule has 0 spiro atoms. The summed E-state index contributed by atoms with van der Waals surface area (Å²) in [5, 5.41) is 2.63. The molecular weight excluding hydrogens is 404 g/mol. The van der Waals surface area contributed by atoms with Crippen molar-refractivity contribution in [2.75, 3.05) is 26.0 Å². The van der Waals surface area contributed by atoms with Crippen molar-refractivity contribution in [1.29, 1.82) is 0 Å². The largest absolute Gasteiger partial charge is 0.465 e. The lowest BCUT2D eigenvalue weighted by molar-refractivity contribution is 0.0602. The topological polar surface area (TPSA) is 90.6 Å². The molecule has 0 aromatic heterocycles. The van der Waals surface area contributed by atoms with Crippen LogP contribution >= 0.6 is 0 Å². The van der Waals surface area contributed by atoms with Crippen LogP contribution in [0.3, 0.4) is 0 Å². The number of rotatable bonds is 4. The molecule has 1 amide bonds. The maximum atomic E-state index is 12.2. The quantitative estimate of drug-likeness (QED) is 0.375. The molecular formula is C26H22N2O4. The van der Waals surface area contributed by atoms with Crippen LogP contribution in [-0.4, -0.2) is 32.3 Å². The van der Waals surface area contributed by atoms with E-state index in [0.717, 1.165) is 11.1 Å². The zero-order chi connectivity index (χ0) is 22.5. The van der Waals surface area contributed by atoms with Crippen LogP contribution in [0.4, 0.5) is 10.5 Å². The van der Waals surface area contributed by atoms with Gasteiger partial charge in [-0.1, -0.05) is 60.4 Å². The van der Waals surface area contributed by atoms with Gasteiger partial charge in [-0.15, -0.1) is 0 Å². The van der Waals surface area contributed by atoms with Gasteiger partial charge in [0.2, 0.25) is 0 Å². The Morgan fingerprint density at radius 1 is 1.00 bits per heavy atom. The highest BCUT2D eigenvalue weighted by atomic mass is 16.5. The van der Waals surface area contributed by atoms with Crippen LogP contribution in [0.2, 0.25) is 0 Å². The van der Waals surface area contributed by atoms with E-state index in [1.54, 1.807) is 18.2 Å². The highest BCUT2D eigenvalue weighted by Crippen LogP contribution is 2.44. The summed E-state index contributed by atoms with van der Waals surface area (Å²) in [5.41, 5.74) is 11.6. The summed E-state index contributed by atoms with van der Waals surface area (Å²) in [5.74, 6) is 5.21. The van der Waals surface area contributed by atoms with Gasteiger partial charge in [0, 0.05) is 17.2 Å². The van der Waals surface area contributed by atoms with Gasteiger partial charge in [-0.3, -0.25) is 0 Å². The number of hydrogen-bond donors (Lipinski definition) is 2. The van der Waals surface area contributed by atoms with E-state index in [0.29, 0.717) is 11.3 Å². The van der Waals surface area contributed by atoms with Gasteiger partial charge in [-0.25, -0.2) is 9.59 Å². The number of carbonyl (C=O) groups excluding carboxylic acids is 2. The summed E-state index contributed by atoms with van der Waals surface area (Å²) >= 11 is 0. The number of nitrogens with one attached hydrogen (secondary N) is 1. The Balaban J connectivity index is 1.34. The first-order chi connectivity index (χ1) is 15.6. The minimum Gasteiger partial charge on any atom is -0.465 e. The molecule has 0 saturated heterocycles. The van der Waals surface area contributed by atoms with Gasteiger partial charge in [0.05, 0.1) is 19.2 Å². The number of alkyl carbamates (subject to hydrolysis) is 1. The van der Waals surface area contributed by atoms with Crippen molar-refractivity contribution in [2.45, 2.75) is 5.92 Å². The first-order valence-corrected chi connectivity index (χ1v) is 10.1. The average Bonchev–Trinajstić information content (AvgIpc) is 3.14. The van der Waals surface area contributed by atoms with Crippen molar-refractivity contribution in [1.82, 2.24) is 5.32 Å². The van der Waals surface area contributed by atoms with Crippen LogP contribution < -0.4 is 11.1 Å². The number of nitrogen functional groups attached to an aromatic ring is 1. The van der Waals surface area contributed by atoms with Crippen LogP contribution in [0, 0.1) is 11.8 Å². The maximum absolute atomic E-state index is 12.2. The molecule has 0 heterocycles. The third-order valence-electron chi connectivity index (χ3n) is 5.36. The molecule has 0 atom stereocenters. The van der Waals surface area contributed by atoms with Crippen LogP contribution in [-0.2, 0) is 9.47 Å². The van der Waals surface area contributed by atoms with Crippen LogP contribution in [0.5, 0.6) is 0 Å². The number of ether oxygens (including phenoxy) is 2. The highest BCUT2D eigenvalue weighted by molar-refractivity contribution is 5.95. The van der Waals surface area contributed by atoms with Crippen molar-refractivity contribution >= 4 is 17.7 Å². The second-order valence-electron chi connectivity index (χ2n) is 7.27. The Labute approximate surface area is 186 Å². The van der Waals surface area contributed by atoms with Gasteiger partial charge in [0.25, 0.3) is 0 Å². The fourth-order valence-electron chi connectivity index (χ4n) is 3.83. The van der Waals surface area contributed by atoms with Gasteiger partial charge in [-0.2, -0.15) is 0 Å². The van der Waals surface area contributed by atoms with Gasteiger partial charge >= 0.3 is 12.1 Å². The van der Waals surface area contributed by atoms with Crippen molar-refractivity contribution in [3.63, 3.8) is 0 Å². The van der Waals surface area contributed by atoms with E-state index < -0.39 is 12.1 Å². The van der Waals surface area contributed by atoms with Crippen molar-refractivity contribution in [2.24, 2.45) is 0 Å². The second kappa shape index (κ2) is 9.27. The lowest BCUT2D eigenvalue weighted by Crippen LogP contribution is -2.26. The predicted molar refractivity (Wildman–Crippen MR) is 122 cm³/mol. The third kappa shape index (κ3) is 4.28. The molecule has 0 fully saturated rings. The zero-order valence-electron chi connectivity index (χ0n) is 17.6. The number of hydrogen-bond acceptors (Lipinski definition) is 5. The fourth-order valence-corrected chi connectivity index (χ4v) is 3.83. The molecule has 1 aliphatic carbocycles. The molecule has 160 valence electrons. The summed E-state index contributed by atoms with van der Waals surface area (Å²) in [4.78, 5) is 23.9. The average molecular weight is 426 g/mol. The number of amides is 1. The number of benzene rings is 3. The summed E-state index contributed by atoms with van der Waals surface area (Å²) in [6.07, 6.45) is -0.534. The van der Waals surface area contributed by atoms with Gasteiger partial charge < -0.3 is 20.5 Å². The maximum Gasteiger partial charge on any atom is 0.407 e. The minimum absolute atomic E-state index is 0.00533. The first-order valence-electron chi connectivity index (χ1n) is 10.1. The summed E-state index contributed by atoms with van der Waals surface area (Å²) in [7, 11) is 1.29. The Morgan fingerprint density at radius 3 is 2.31 bits per heavy atom. The molecule has 0 saturated carbocycles. The van der Waals surface area contributed by atoms with Crippen LogP contribution in [0.15, 0.2) is 66.7 Å². The number of fused-ring (bicyclic) bond motifs is 3. The predicted octanol–water partition coefficient (Wildman–Crippen LogP) is 3.95. The molecule has 1 aliphatic rings. The number of carbonyl (C=O) groups is 2. The molecule has 3 aromatic rings. The fraction of sp³-hybridized carbons (Fsp3) is 0.154. The molecule has 0 radical (unpaired) electrons. The lowest BCUT2D eigenvalue weighted by atomic mass is 9.98. The lowest BCUT2D eigenvalue weighted by Gasteiger charge is -2.14. The summed E-state index contributed by atoms with van der Waals surface area (Å²) < 4.78 is 10.2. The van der Waals surface area contributed by atoms with E-state index in [1.807, 2.05) is 24.3 Å². The standard InChI is InChI=1S/C26H22N2O4/c1-31-25(29)22-15-17(12-13-24(22)27)7-6-14-28-26(30)32-16-23-20-10-4-2-8-18(20)19-9-3-5-11-21(19)23/h2-5,8-13,15,23H,14,16,27H2,1H3,(H,28,30). The van der Waals surface area contributed by atoms with E-state index in [4.69, 9.17) is 15.2 Å². The molecule has 4 rings (SSSR count).